The highest BCUT2D eigenvalue weighted by Gasteiger charge is 2.24. The molecule has 148 valence electrons. The van der Waals surface area contributed by atoms with E-state index in [2.05, 4.69) is 5.32 Å². The number of benzene rings is 2. The third kappa shape index (κ3) is 4.75. The van der Waals surface area contributed by atoms with Gasteiger partial charge in [-0.15, -0.1) is 0 Å². The van der Waals surface area contributed by atoms with Gasteiger partial charge in [-0.05, 0) is 49.2 Å². The number of morpholine rings is 1. The second-order valence-electron chi connectivity index (χ2n) is 7.19. The number of carbonyl (C=O) groups is 2. The Morgan fingerprint density at radius 3 is 2.61 bits per heavy atom. The van der Waals surface area contributed by atoms with Crippen LogP contribution in [0.25, 0.3) is 0 Å². The molecule has 2 aromatic carbocycles. The monoisotopic (exact) mass is 384 g/mol. The summed E-state index contributed by atoms with van der Waals surface area (Å²) in [6, 6.07) is 13.4. The molecule has 2 aromatic rings. The average Bonchev–Trinajstić information content (AvgIpc) is 2.70. The lowest BCUT2D eigenvalue weighted by atomic mass is 10.00. The summed E-state index contributed by atoms with van der Waals surface area (Å²) < 4.78 is 19.1. The van der Waals surface area contributed by atoms with Gasteiger partial charge >= 0.3 is 0 Å². The third-order valence-corrected chi connectivity index (χ3v) is 4.96. The molecule has 0 radical (unpaired) electrons. The van der Waals surface area contributed by atoms with Crippen LogP contribution in [-0.4, -0.2) is 42.5 Å². The van der Waals surface area contributed by atoms with E-state index in [4.69, 9.17) is 4.74 Å². The molecule has 0 aliphatic carbocycles. The molecule has 2 unspecified atom stereocenters. The van der Waals surface area contributed by atoms with Gasteiger partial charge in [-0.1, -0.05) is 25.1 Å². The van der Waals surface area contributed by atoms with Crippen molar-refractivity contribution in [3.63, 3.8) is 0 Å². The minimum Gasteiger partial charge on any atom is -0.377 e. The Balaban J connectivity index is 1.59. The van der Waals surface area contributed by atoms with E-state index < -0.39 is 0 Å². The fourth-order valence-corrected chi connectivity index (χ4v) is 3.24. The number of anilines is 1. The molecule has 0 spiro atoms. The number of ether oxygens (including phenoxy) is 1. The van der Waals surface area contributed by atoms with Crippen LogP contribution < -0.4 is 5.32 Å². The molecule has 0 bridgehead atoms. The summed E-state index contributed by atoms with van der Waals surface area (Å²) in [5, 5.41) is 2.83. The second kappa shape index (κ2) is 8.97. The number of amides is 2. The second-order valence-corrected chi connectivity index (χ2v) is 7.19. The van der Waals surface area contributed by atoms with Crippen molar-refractivity contribution >= 4 is 17.5 Å². The Bertz CT molecular complexity index is 838. The van der Waals surface area contributed by atoms with Crippen LogP contribution >= 0.6 is 0 Å². The highest BCUT2D eigenvalue weighted by atomic mass is 19.1. The van der Waals surface area contributed by atoms with Gasteiger partial charge in [0, 0.05) is 23.7 Å². The van der Waals surface area contributed by atoms with Crippen LogP contribution in [0, 0.1) is 11.7 Å². The van der Waals surface area contributed by atoms with Gasteiger partial charge < -0.3 is 15.0 Å². The number of hydrogen-bond donors (Lipinski definition) is 1. The molecule has 2 atom stereocenters. The van der Waals surface area contributed by atoms with Crippen molar-refractivity contribution in [3.05, 3.63) is 65.5 Å². The van der Waals surface area contributed by atoms with Crippen LogP contribution in [0.1, 0.15) is 29.8 Å². The van der Waals surface area contributed by atoms with Crippen molar-refractivity contribution in [2.24, 2.45) is 5.92 Å². The number of hydrogen-bond acceptors (Lipinski definition) is 3. The fourth-order valence-electron chi connectivity index (χ4n) is 3.24. The first-order valence-corrected chi connectivity index (χ1v) is 9.48. The lowest BCUT2D eigenvalue weighted by Gasteiger charge is -2.33. The molecule has 1 aliphatic heterocycles. The molecule has 5 nitrogen and oxygen atoms in total. The predicted molar refractivity (Wildman–Crippen MR) is 106 cm³/mol. The Hall–Kier alpha value is -2.73. The number of rotatable bonds is 5. The van der Waals surface area contributed by atoms with Crippen molar-refractivity contribution in [2.45, 2.75) is 26.3 Å². The van der Waals surface area contributed by atoms with Gasteiger partial charge in [0.15, 0.2) is 0 Å². The van der Waals surface area contributed by atoms with Crippen LogP contribution in [0.5, 0.6) is 0 Å². The van der Waals surface area contributed by atoms with Gasteiger partial charge in [0.1, 0.15) is 5.82 Å². The summed E-state index contributed by atoms with van der Waals surface area (Å²) in [6.07, 6.45) is 0.323. The average molecular weight is 384 g/mol. The Kier molecular flexibility index (Phi) is 6.41. The third-order valence-electron chi connectivity index (χ3n) is 4.96. The molecule has 0 aromatic heterocycles. The standard InChI is InChI=1S/C22H25FN2O3/c1-15(13-18-5-3-4-6-20(18)23)21(26)24-19-9-7-17(8-10-19)22(27)25-11-12-28-14-16(25)2/h3-10,15-16H,11-14H2,1-2H3,(H,24,26). The van der Waals surface area contributed by atoms with Gasteiger partial charge in [-0.25, -0.2) is 4.39 Å². The quantitative estimate of drug-likeness (QED) is 0.858. The molecule has 3 rings (SSSR count). The lowest BCUT2D eigenvalue weighted by molar-refractivity contribution is -0.119. The zero-order valence-corrected chi connectivity index (χ0v) is 16.2. The van der Waals surface area contributed by atoms with E-state index in [1.165, 1.54) is 6.07 Å². The van der Waals surface area contributed by atoms with Gasteiger partial charge in [0.25, 0.3) is 5.91 Å². The minimum absolute atomic E-state index is 0.0402. The fraction of sp³-hybridized carbons (Fsp3) is 0.364. The lowest BCUT2D eigenvalue weighted by Crippen LogP contribution is -2.47. The van der Waals surface area contributed by atoms with Crippen molar-refractivity contribution in [3.8, 4) is 0 Å². The first kappa shape index (κ1) is 20.0. The summed E-state index contributed by atoms with van der Waals surface area (Å²) in [5.74, 6) is -0.916. The summed E-state index contributed by atoms with van der Waals surface area (Å²) >= 11 is 0. The Morgan fingerprint density at radius 2 is 1.93 bits per heavy atom. The van der Waals surface area contributed by atoms with Crippen molar-refractivity contribution in [2.75, 3.05) is 25.1 Å². The summed E-state index contributed by atoms with van der Waals surface area (Å²) in [6.45, 7) is 5.39. The smallest absolute Gasteiger partial charge is 0.254 e. The van der Waals surface area contributed by atoms with Crippen LogP contribution in [-0.2, 0) is 16.0 Å². The molecular formula is C22H25FN2O3. The van der Waals surface area contributed by atoms with Crippen LogP contribution in [0.15, 0.2) is 48.5 Å². The Labute approximate surface area is 164 Å². The van der Waals surface area contributed by atoms with E-state index in [-0.39, 0.29) is 29.6 Å². The van der Waals surface area contributed by atoms with E-state index in [1.54, 1.807) is 54.3 Å². The number of carbonyl (C=O) groups excluding carboxylic acids is 2. The highest BCUT2D eigenvalue weighted by Crippen LogP contribution is 2.17. The number of nitrogens with zero attached hydrogens (tertiary/aromatic N) is 1. The van der Waals surface area contributed by atoms with Gasteiger partial charge in [0.05, 0.1) is 19.3 Å². The largest absolute Gasteiger partial charge is 0.377 e. The summed E-state index contributed by atoms with van der Waals surface area (Å²) in [5.41, 5.74) is 1.70. The first-order chi connectivity index (χ1) is 13.5. The van der Waals surface area contributed by atoms with Crippen LogP contribution in [0.2, 0.25) is 0 Å². The number of nitrogens with one attached hydrogen (secondary N) is 1. The van der Waals surface area contributed by atoms with Crippen LogP contribution in [0.4, 0.5) is 10.1 Å². The zero-order chi connectivity index (χ0) is 20.1. The zero-order valence-electron chi connectivity index (χ0n) is 16.2. The molecule has 1 heterocycles. The van der Waals surface area contributed by atoms with Crippen LogP contribution in [0.3, 0.4) is 0 Å². The summed E-state index contributed by atoms with van der Waals surface area (Å²) in [7, 11) is 0. The molecule has 1 N–H and O–H groups in total. The molecule has 28 heavy (non-hydrogen) atoms. The minimum atomic E-state index is -0.382. The van der Waals surface area contributed by atoms with Crippen molar-refractivity contribution in [1.82, 2.24) is 4.90 Å². The van der Waals surface area contributed by atoms with E-state index in [9.17, 15) is 14.0 Å². The van der Waals surface area contributed by atoms with Crippen molar-refractivity contribution in [1.29, 1.82) is 0 Å². The SMILES string of the molecule is CC(Cc1ccccc1F)C(=O)Nc1ccc(C(=O)N2CCOCC2C)cc1. The number of halogens is 1. The topological polar surface area (TPSA) is 58.6 Å². The molecular weight excluding hydrogens is 359 g/mol. The van der Waals surface area contributed by atoms with E-state index in [1.807, 2.05) is 6.92 Å². The van der Waals surface area contributed by atoms with E-state index in [0.717, 1.165) is 0 Å². The maximum atomic E-state index is 13.8. The highest BCUT2D eigenvalue weighted by molar-refractivity contribution is 5.96. The van der Waals surface area contributed by atoms with Gasteiger partial charge in [0.2, 0.25) is 5.91 Å². The van der Waals surface area contributed by atoms with E-state index >= 15 is 0 Å². The maximum Gasteiger partial charge on any atom is 0.254 e. The predicted octanol–water partition coefficient (Wildman–Crippen LogP) is 3.50. The van der Waals surface area contributed by atoms with Gasteiger partial charge in [-0.2, -0.15) is 0 Å². The molecule has 0 saturated carbocycles. The molecule has 1 saturated heterocycles. The van der Waals surface area contributed by atoms with Gasteiger partial charge in [-0.3, -0.25) is 9.59 Å². The normalized spacial score (nSPS) is 17.8. The first-order valence-electron chi connectivity index (χ1n) is 9.48. The molecule has 6 heteroatoms. The van der Waals surface area contributed by atoms with Crippen molar-refractivity contribution < 1.29 is 18.7 Å². The molecule has 1 aliphatic rings. The summed E-state index contributed by atoms with van der Waals surface area (Å²) in [4.78, 5) is 26.8. The molecule has 1 fully saturated rings. The Morgan fingerprint density at radius 1 is 1.21 bits per heavy atom. The molecule has 2 amide bonds. The van der Waals surface area contributed by atoms with E-state index in [0.29, 0.717) is 43.0 Å². The maximum absolute atomic E-state index is 13.8.